The van der Waals surface area contributed by atoms with Crippen molar-refractivity contribution in [1.82, 2.24) is 14.5 Å². The zero-order chi connectivity index (χ0) is 20.5. The first-order valence-electron chi connectivity index (χ1n) is 9.11. The second-order valence-electron chi connectivity index (χ2n) is 6.51. The van der Waals surface area contributed by atoms with Crippen LogP contribution < -0.4 is 5.32 Å². The van der Waals surface area contributed by atoms with Gasteiger partial charge in [-0.2, -0.15) is 8.78 Å². The maximum atomic E-state index is 13.7. The number of hydrogen-bond donors (Lipinski definition) is 1. The minimum absolute atomic E-state index is 0.143. The number of hydrogen-bond acceptors (Lipinski definition) is 4. The summed E-state index contributed by atoms with van der Waals surface area (Å²) in [4.78, 5) is 21.7. The molecule has 0 aliphatic rings. The Bertz CT molecular complexity index is 1180. The molecule has 5 nitrogen and oxygen atoms in total. The molecule has 148 valence electrons. The SMILES string of the molecule is CCc1ccc(C(=O)Nc2nc(C)c(-c3nc4ccccc4n3C(F)F)s2)cc1. The Kier molecular flexibility index (Phi) is 5.10. The molecule has 0 bridgehead atoms. The topological polar surface area (TPSA) is 59.8 Å². The molecule has 0 unspecified atom stereocenters. The zero-order valence-electron chi connectivity index (χ0n) is 15.8. The minimum Gasteiger partial charge on any atom is -0.298 e. The summed E-state index contributed by atoms with van der Waals surface area (Å²) in [6.45, 7) is 1.02. The first kappa shape index (κ1) is 19.2. The number of para-hydroxylation sites is 2. The van der Waals surface area contributed by atoms with Crippen molar-refractivity contribution in [1.29, 1.82) is 0 Å². The molecule has 0 spiro atoms. The van der Waals surface area contributed by atoms with E-state index >= 15 is 0 Å². The summed E-state index contributed by atoms with van der Waals surface area (Å²) in [5.74, 6) is -0.153. The van der Waals surface area contributed by atoms with Gasteiger partial charge in [-0.3, -0.25) is 14.7 Å². The van der Waals surface area contributed by atoms with Gasteiger partial charge in [0.2, 0.25) is 0 Å². The highest BCUT2D eigenvalue weighted by Gasteiger charge is 2.23. The van der Waals surface area contributed by atoms with Gasteiger partial charge < -0.3 is 0 Å². The van der Waals surface area contributed by atoms with E-state index < -0.39 is 6.55 Å². The van der Waals surface area contributed by atoms with Crippen LogP contribution in [0.25, 0.3) is 21.7 Å². The summed E-state index contributed by atoms with van der Waals surface area (Å²) >= 11 is 1.13. The number of carbonyl (C=O) groups is 1. The van der Waals surface area contributed by atoms with E-state index in [1.54, 1.807) is 43.3 Å². The van der Waals surface area contributed by atoms with E-state index in [4.69, 9.17) is 0 Å². The number of carbonyl (C=O) groups excluding carboxylic acids is 1. The third-order valence-corrected chi connectivity index (χ3v) is 5.70. The van der Waals surface area contributed by atoms with Gasteiger partial charge in [0.25, 0.3) is 5.91 Å². The number of nitrogens with zero attached hydrogens (tertiary/aromatic N) is 3. The highest BCUT2D eigenvalue weighted by atomic mass is 32.1. The second-order valence-corrected chi connectivity index (χ2v) is 7.51. The molecule has 0 radical (unpaired) electrons. The van der Waals surface area contributed by atoms with Crippen LogP contribution in [0.4, 0.5) is 13.9 Å². The van der Waals surface area contributed by atoms with Crippen LogP contribution >= 0.6 is 11.3 Å². The Morgan fingerprint density at radius 1 is 1.14 bits per heavy atom. The van der Waals surface area contributed by atoms with Crippen molar-refractivity contribution in [3.63, 3.8) is 0 Å². The molecule has 2 aromatic heterocycles. The fourth-order valence-corrected chi connectivity index (χ4v) is 4.07. The molecule has 4 aromatic rings. The van der Waals surface area contributed by atoms with Crippen LogP contribution in [0.2, 0.25) is 0 Å². The lowest BCUT2D eigenvalue weighted by Crippen LogP contribution is -2.11. The van der Waals surface area contributed by atoms with Crippen LogP contribution in [-0.4, -0.2) is 20.4 Å². The number of amides is 1. The zero-order valence-corrected chi connectivity index (χ0v) is 16.6. The quantitative estimate of drug-likeness (QED) is 0.459. The lowest BCUT2D eigenvalue weighted by molar-refractivity contribution is 0.0764. The fourth-order valence-electron chi connectivity index (χ4n) is 3.12. The van der Waals surface area contributed by atoms with Crippen molar-refractivity contribution >= 4 is 33.4 Å². The van der Waals surface area contributed by atoms with Crippen LogP contribution in [0.1, 0.15) is 35.1 Å². The minimum atomic E-state index is -2.74. The van der Waals surface area contributed by atoms with E-state index in [9.17, 15) is 13.6 Å². The second kappa shape index (κ2) is 7.71. The monoisotopic (exact) mass is 412 g/mol. The van der Waals surface area contributed by atoms with Crippen molar-refractivity contribution in [3.05, 3.63) is 65.4 Å². The predicted octanol–water partition coefficient (Wildman–Crippen LogP) is 5.68. The van der Waals surface area contributed by atoms with E-state index in [0.717, 1.165) is 27.9 Å². The number of aromatic nitrogens is 3. The van der Waals surface area contributed by atoms with Crippen LogP contribution in [0.5, 0.6) is 0 Å². The summed E-state index contributed by atoms with van der Waals surface area (Å²) in [6, 6.07) is 14.1. The molecule has 4 rings (SSSR count). The lowest BCUT2D eigenvalue weighted by atomic mass is 10.1. The molecule has 2 aromatic carbocycles. The van der Waals surface area contributed by atoms with Crippen LogP contribution in [0.15, 0.2) is 48.5 Å². The summed E-state index contributed by atoms with van der Waals surface area (Å²) < 4.78 is 28.4. The van der Waals surface area contributed by atoms with Gasteiger partial charge in [-0.15, -0.1) is 0 Å². The van der Waals surface area contributed by atoms with E-state index in [-0.39, 0.29) is 11.7 Å². The van der Waals surface area contributed by atoms with Gasteiger partial charge in [-0.25, -0.2) is 9.97 Å². The molecule has 0 saturated heterocycles. The van der Waals surface area contributed by atoms with E-state index in [1.165, 1.54) is 0 Å². The summed E-state index contributed by atoms with van der Waals surface area (Å²) in [7, 11) is 0. The molecule has 0 saturated carbocycles. The smallest absolute Gasteiger partial charge is 0.298 e. The molecule has 0 atom stereocenters. The average molecular weight is 412 g/mol. The van der Waals surface area contributed by atoms with Gasteiger partial charge in [-0.1, -0.05) is 42.5 Å². The Labute approximate surface area is 170 Å². The Balaban J connectivity index is 1.67. The molecular weight excluding hydrogens is 394 g/mol. The number of nitrogens with one attached hydrogen (secondary N) is 1. The maximum Gasteiger partial charge on any atom is 0.320 e. The van der Waals surface area contributed by atoms with Gasteiger partial charge in [0.05, 0.1) is 21.6 Å². The summed E-state index contributed by atoms with van der Waals surface area (Å²) in [5.41, 5.74) is 3.02. The van der Waals surface area contributed by atoms with Gasteiger partial charge in [-0.05, 0) is 43.2 Å². The summed E-state index contributed by atoms with van der Waals surface area (Å²) in [6.07, 6.45) is 0.891. The number of rotatable bonds is 5. The Morgan fingerprint density at radius 2 is 1.86 bits per heavy atom. The number of fused-ring (bicyclic) bond motifs is 1. The van der Waals surface area contributed by atoms with Crippen molar-refractivity contribution in [2.24, 2.45) is 0 Å². The number of alkyl halides is 2. The normalized spacial score (nSPS) is 11.3. The molecule has 0 aliphatic heterocycles. The number of benzene rings is 2. The van der Waals surface area contributed by atoms with Crippen molar-refractivity contribution < 1.29 is 13.6 Å². The molecule has 29 heavy (non-hydrogen) atoms. The predicted molar refractivity (Wildman–Crippen MR) is 111 cm³/mol. The van der Waals surface area contributed by atoms with Gasteiger partial charge in [0.1, 0.15) is 0 Å². The van der Waals surface area contributed by atoms with Gasteiger partial charge >= 0.3 is 6.55 Å². The number of aryl methyl sites for hydroxylation is 2. The fraction of sp³-hybridized carbons (Fsp3) is 0.190. The molecule has 1 N–H and O–H groups in total. The average Bonchev–Trinajstić information content (AvgIpc) is 3.27. The molecule has 2 heterocycles. The molecule has 8 heteroatoms. The maximum absolute atomic E-state index is 13.7. The third kappa shape index (κ3) is 3.63. The summed E-state index contributed by atoms with van der Waals surface area (Å²) in [5, 5.41) is 3.10. The highest BCUT2D eigenvalue weighted by molar-refractivity contribution is 7.19. The van der Waals surface area contributed by atoms with E-state index in [0.29, 0.717) is 32.3 Å². The number of halogens is 2. The van der Waals surface area contributed by atoms with E-state index in [2.05, 4.69) is 15.3 Å². The molecule has 1 amide bonds. The molecule has 0 aliphatic carbocycles. The molecular formula is C21H18F2N4OS. The highest BCUT2D eigenvalue weighted by Crippen LogP contribution is 2.36. The van der Waals surface area contributed by atoms with Gasteiger partial charge in [0, 0.05) is 5.56 Å². The van der Waals surface area contributed by atoms with Crippen LogP contribution in [0, 0.1) is 6.92 Å². The Morgan fingerprint density at radius 3 is 2.55 bits per heavy atom. The van der Waals surface area contributed by atoms with Crippen molar-refractivity contribution in [2.45, 2.75) is 26.8 Å². The number of imidazole rings is 1. The van der Waals surface area contributed by atoms with Crippen molar-refractivity contribution in [2.75, 3.05) is 5.32 Å². The largest absolute Gasteiger partial charge is 0.320 e. The number of anilines is 1. The Hall–Kier alpha value is -3.13. The third-order valence-electron chi connectivity index (χ3n) is 4.64. The molecule has 0 fully saturated rings. The number of thiazole rings is 1. The standard InChI is InChI=1S/C21H18F2N4OS/c1-3-13-8-10-14(11-9-13)19(28)26-21-24-12(2)17(29-21)18-25-15-6-4-5-7-16(15)27(18)20(22)23/h4-11,20H,3H2,1-2H3,(H,24,26,28). The van der Waals surface area contributed by atoms with Crippen LogP contribution in [-0.2, 0) is 6.42 Å². The first-order valence-corrected chi connectivity index (χ1v) is 9.92. The first-order chi connectivity index (χ1) is 14.0. The van der Waals surface area contributed by atoms with Crippen LogP contribution in [0.3, 0.4) is 0 Å². The van der Waals surface area contributed by atoms with Crippen molar-refractivity contribution in [3.8, 4) is 10.7 Å². The lowest BCUT2D eigenvalue weighted by Gasteiger charge is -2.06. The van der Waals surface area contributed by atoms with Gasteiger partial charge in [0.15, 0.2) is 11.0 Å². The van der Waals surface area contributed by atoms with E-state index in [1.807, 2.05) is 19.1 Å².